The number of hydrazine groups is 1. The van der Waals surface area contributed by atoms with Crippen LogP contribution in [0.2, 0.25) is 0 Å². The monoisotopic (exact) mass is 399 g/mol. The molecular formula is C23H33N3OS. The molecule has 0 aliphatic rings. The third-order valence-electron chi connectivity index (χ3n) is 4.85. The van der Waals surface area contributed by atoms with E-state index in [0.717, 1.165) is 18.2 Å². The first-order valence-electron chi connectivity index (χ1n) is 10.1. The zero-order chi connectivity index (χ0) is 20.2. The fourth-order valence-corrected chi connectivity index (χ4v) is 4.03. The molecule has 0 spiro atoms. The second kappa shape index (κ2) is 12.5. The first kappa shape index (κ1) is 22.3. The fraction of sp³-hybridized carbons (Fsp3) is 0.435. The van der Waals surface area contributed by atoms with Crippen molar-refractivity contribution in [2.45, 2.75) is 44.4 Å². The van der Waals surface area contributed by atoms with E-state index in [-0.39, 0.29) is 5.91 Å². The topological polar surface area (TPSA) is 67.2 Å². The van der Waals surface area contributed by atoms with Gasteiger partial charge in [-0.1, -0.05) is 44.9 Å². The lowest BCUT2D eigenvalue weighted by atomic mass is 9.99. The van der Waals surface area contributed by atoms with E-state index in [0.29, 0.717) is 11.5 Å². The Kier molecular flexibility index (Phi) is 9.94. The molecule has 0 radical (unpaired) electrons. The highest BCUT2D eigenvalue weighted by Gasteiger charge is 2.07. The van der Waals surface area contributed by atoms with Crippen LogP contribution >= 0.6 is 11.8 Å². The molecule has 4 nitrogen and oxygen atoms in total. The number of nitrogen functional groups attached to an aromatic ring is 1. The van der Waals surface area contributed by atoms with Crippen LogP contribution in [0, 0.1) is 11.8 Å². The maximum absolute atomic E-state index is 11.4. The molecule has 0 aliphatic carbocycles. The second-order valence-corrected chi connectivity index (χ2v) is 8.64. The van der Waals surface area contributed by atoms with Crippen molar-refractivity contribution < 1.29 is 4.79 Å². The summed E-state index contributed by atoms with van der Waals surface area (Å²) in [4.78, 5) is 12.8. The van der Waals surface area contributed by atoms with E-state index in [9.17, 15) is 4.79 Å². The van der Waals surface area contributed by atoms with Crippen molar-refractivity contribution in [1.29, 1.82) is 0 Å². The number of benzene rings is 2. The third kappa shape index (κ3) is 8.36. The van der Waals surface area contributed by atoms with Gasteiger partial charge in [-0.15, -0.1) is 11.8 Å². The van der Waals surface area contributed by atoms with Crippen LogP contribution < -0.4 is 16.6 Å². The molecule has 0 saturated heterocycles. The summed E-state index contributed by atoms with van der Waals surface area (Å²) in [5.41, 5.74) is 3.75. The Morgan fingerprint density at radius 2 is 1.61 bits per heavy atom. The molecule has 1 amide bonds. The van der Waals surface area contributed by atoms with Gasteiger partial charge in [0.25, 0.3) is 5.91 Å². The van der Waals surface area contributed by atoms with Crippen LogP contribution in [0.15, 0.2) is 59.5 Å². The number of amides is 1. The highest BCUT2D eigenvalue weighted by Crippen LogP contribution is 2.23. The number of hydrogen-bond acceptors (Lipinski definition) is 4. The summed E-state index contributed by atoms with van der Waals surface area (Å²) in [5.74, 6) is 7.45. The van der Waals surface area contributed by atoms with E-state index in [2.05, 4.69) is 54.9 Å². The van der Waals surface area contributed by atoms with Gasteiger partial charge in [0.2, 0.25) is 0 Å². The van der Waals surface area contributed by atoms with Crippen LogP contribution in [0.3, 0.4) is 0 Å². The van der Waals surface area contributed by atoms with E-state index < -0.39 is 0 Å². The number of thioether (sulfide) groups is 1. The standard InChI is InChI=1S/C23H33N3OS/c1-18(16-25-21-14-12-20(13-15-21)23(27)26-24)8-6-7-9-19(2)17-28-22-10-4-3-5-11-22/h3-5,10-15,18-19,25H,6-9,16-17,24H2,1-2H3,(H,26,27). The van der Waals surface area contributed by atoms with Crippen LogP contribution in [0.25, 0.3) is 0 Å². The Bertz CT molecular complexity index is 691. The van der Waals surface area contributed by atoms with Crippen molar-refractivity contribution in [2.24, 2.45) is 17.7 Å². The lowest BCUT2D eigenvalue weighted by Gasteiger charge is -2.15. The summed E-state index contributed by atoms with van der Waals surface area (Å²) in [6, 6.07) is 18.1. The molecule has 0 heterocycles. The Hall–Kier alpha value is -1.98. The van der Waals surface area contributed by atoms with Crippen molar-refractivity contribution >= 4 is 23.4 Å². The van der Waals surface area contributed by atoms with Crippen LogP contribution in [-0.4, -0.2) is 18.2 Å². The number of nitrogens with two attached hydrogens (primary N) is 1. The van der Waals surface area contributed by atoms with Crippen LogP contribution in [0.5, 0.6) is 0 Å². The van der Waals surface area contributed by atoms with Crippen molar-refractivity contribution in [3.8, 4) is 0 Å². The molecule has 4 N–H and O–H groups in total. The predicted molar refractivity (Wildman–Crippen MR) is 121 cm³/mol. The molecule has 5 heteroatoms. The largest absolute Gasteiger partial charge is 0.385 e. The molecule has 152 valence electrons. The molecule has 2 aromatic rings. The highest BCUT2D eigenvalue weighted by atomic mass is 32.2. The Balaban J connectivity index is 1.56. The number of rotatable bonds is 12. The van der Waals surface area contributed by atoms with E-state index >= 15 is 0 Å². The summed E-state index contributed by atoms with van der Waals surface area (Å²) in [6.07, 6.45) is 5.10. The van der Waals surface area contributed by atoms with Crippen LogP contribution in [0.4, 0.5) is 5.69 Å². The summed E-state index contributed by atoms with van der Waals surface area (Å²) in [5, 5.41) is 3.45. The smallest absolute Gasteiger partial charge is 0.265 e. The van der Waals surface area contributed by atoms with Crippen molar-refractivity contribution in [2.75, 3.05) is 17.6 Å². The van der Waals surface area contributed by atoms with Gasteiger partial charge in [-0.25, -0.2) is 5.84 Å². The van der Waals surface area contributed by atoms with Gasteiger partial charge in [0.1, 0.15) is 0 Å². The maximum atomic E-state index is 11.4. The summed E-state index contributed by atoms with van der Waals surface area (Å²) >= 11 is 1.96. The highest BCUT2D eigenvalue weighted by molar-refractivity contribution is 7.99. The van der Waals surface area contributed by atoms with E-state index in [1.807, 2.05) is 23.9 Å². The minimum absolute atomic E-state index is 0.267. The van der Waals surface area contributed by atoms with Crippen molar-refractivity contribution in [3.05, 3.63) is 60.2 Å². The first-order valence-corrected chi connectivity index (χ1v) is 11.1. The maximum Gasteiger partial charge on any atom is 0.265 e. The normalized spacial score (nSPS) is 13.0. The van der Waals surface area contributed by atoms with Crippen LogP contribution in [-0.2, 0) is 0 Å². The molecule has 0 saturated carbocycles. The Morgan fingerprint density at radius 3 is 2.25 bits per heavy atom. The SMILES string of the molecule is CC(CCCCC(C)CSc1ccccc1)CNc1ccc(C(=O)NN)cc1. The van der Waals surface area contributed by atoms with E-state index in [4.69, 9.17) is 5.84 Å². The molecule has 2 unspecified atom stereocenters. The van der Waals surface area contributed by atoms with Gasteiger partial charge in [-0.3, -0.25) is 10.2 Å². The number of carbonyl (C=O) groups is 1. The van der Waals surface area contributed by atoms with E-state index in [1.54, 1.807) is 12.1 Å². The number of hydrogen-bond donors (Lipinski definition) is 3. The number of nitrogens with one attached hydrogen (secondary N) is 2. The third-order valence-corrected chi connectivity index (χ3v) is 6.20. The number of carbonyl (C=O) groups excluding carboxylic acids is 1. The molecule has 0 aliphatic heterocycles. The minimum Gasteiger partial charge on any atom is -0.385 e. The fourth-order valence-electron chi connectivity index (χ4n) is 3.04. The van der Waals surface area contributed by atoms with Gasteiger partial charge in [0.15, 0.2) is 0 Å². The lowest BCUT2D eigenvalue weighted by Crippen LogP contribution is -2.29. The molecule has 28 heavy (non-hydrogen) atoms. The summed E-state index contributed by atoms with van der Waals surface area (Å²) in [6.45, 7) is 5.59. The zero-order valence-corrected chi connectivity index (χ0v) is 17.8. The van der Waals surface area contributed by atoms with Crippen molar-refractivity contribution in [3.63, 3.8) is 0 Å². The van der Waals surface area contributed by atoms with Gasteiger partial charge in [0.05, 0.1) is 0 Å². The van der Waals surface area contributed by atoms with Crippen LogP contribution in [0.1, 0.15) is 49.9 Å². The molecule has 0 aromatic heterocycles. The van der Waals surface area contributed by atoms with Crippen molar-refractivity contribution in [1.82, 2.24) is 5.43 Å². The molecular weight excluding hydrogens is 366 g/mol. The number of anilines is 1. The summed E-state index contributed by atoms with van der Waals surface area (Å²) < 4.78 is 0. The molecule has 2 aromatic carbocycles. The van der Waals surface area contributed by atoms with Gasteiger partial charge < -0.3 is 5.32 Å². The molecule has 0 fully saturated rings. The summed E-state index contributed by atoms with van der Waals surface area (Å²) in [7, 11) is 0. The lowest BCUT2D eigenvalue weighted by molar-refractivity contribution is 0.0953. The minimum atomic E-state index is -0.267. The Labute approximate surface area is 173 Å². The molecule has 2 rings (SSSR count). The number of unbranched alkanes of at least 4 members (excludes halogenated alkanes) is 1. The second-order valence-electron chi connectivity index (χ2n) is 7.55. The zero-order valence-electron chi connectivity index (χ0n) is 17.0. The van der Waals surface area contributed by atoms with Gasteiger partial charge in [0, 0.05) is 28.4 Å². The molecule has 2 atom stereocenters. The van der Waals surface area contributed by atoms with Gasteiger partial charge in [-0.05, 0) is 61.1 Å². The first-order chi connectivity index (χ1) is 13.6. The van der Waals surface area contributed by atoms with Gasteiger partial charge in [-0.2, -0.15) is 0 Å². The average molecular weight is 400 g/mol. The quantitative estimate of drug-likeness (QED) is 0.148. The molecule has 0 bridgehead atoms. The predicted octanol–water partition coefficient (Wildman–Crippen LogP) is 5.33. The van der Waals surface area contributed by atoms with Gasteiger partial charge >= 0.3 is 0 Å². The Morgan fingerprint density at radius 1 is 0.964 bits per heavy atom. The average Bonchev–Trinajstić information content (AvgIpc) is 2.74. The van der Waals surface area contributed by atoms with E-state index in [1.165, 1.54) is 36.3 Å².